The summed E-state index contributed by atoms with van der Waals surface area (Å²) in [6.07, 6.45) is 1.12. The first kappa shape index (κ1) is 17.3. The number of hydrogen-bond acceptors (Lipinski definition) is 4. The van der Waals surface area contributed by atoms with Gasteiger partial charge >= 0.3 is 0 Å². The molecular formula is C22H22N2O3. The number of nitrogens with zero attached hydrogens (tertiary/aromatic N) is 2. The van der Waals surface area contributed by atoms with E-state index >= 15 is 0 Å². The summed E-state index contributed by atoms with van der Waals surface area (Å²) < 4.78 is 11.4. The first-order valence-corrected chi connectivity index (χ1v) is 9.15. The Hall–Kier alpha value is -3.08. The Labute approximate surface area is 158 Å². The van der Waals surface area contributed by atoms with Gasteiger partial charge in [-0.2, -0.15) is 0 Å². The van der Waals surface area contributed by atoms with Crippen LogP contribution in [0.25, 0.3) is 10.9 Å². The Bertz CT molecular complexity index is 957. The molecule has 4 rings (SSSR count). The van der Waals surface area contributed by atoms with E-state index in [1.165, 1.54) is 0 Å². The lowest BCUT2D eigenvalue weighted by Gasteiger charge is -2.18. The first-order valence-electron chi connectivity index (χ1n) is 9.15. The Balaban J connectivity index is 1.38. The number of pyridine rings is 1. The summed E-state index contributed by atoms with van der Waals surface area (Å²) in [5.41, 5.74) is 1.82. The fourth-order valence-electron chi connectivity index (χ4n) is 3.46. The fourth-order valence-corrected chi connectivity index (χ4v) is 3.46. The number of amides is 1. The van der Waals surface area contributed by atoms with Crippen molar-refractivity contribution in [2.45, 2.75) is 18.9 Å². The summed E-state index contributed by atoms with van der Waals surface area (Å²) in [6, 6.07) is 19.5. The molecule has 0 aliphatic carbocycles. The Morgan fingerprint density at radius 1 is 1.11 bits per heavy atom. The van der Waals surface area contributed by atoms with Crippen molar-refractivity contribution in [1.82, 2.24) is 9.88 Å². The van der Waals surface area contributed by atoms with Gasteiger partial charge in [-0.05, 0) is 18.2 Å². The Morgan fingerprint density at radius 3 is 2.81 bits per heavy atom. The molecule has 0 saturated carbocycles. The maximum atomic E-state index is 12.7. The average molecular weight is 362 g/mol. The van der Waals surface area contributed by atoms with Gasteiger partial charge in [0.15, 0.2) is 0 Å². The van der Waals surface area contributed by atoms with E-state index in [0.29, 0.717) is 25.4 Å². The molecule has 1 aromatic heterocycles. The zero-order valence-corrected chi connectivity index (χ0v) is 15.3. The number of para-hydroxylation sites is 2. The van der Waals surface area contributed by atoms with Gasteiger partial charge in [0.1, 0.15) is 11.9 Å². The molecule has 2 heterocycles. The van der Waals surface area contributed by atoms with Crippen molar-refractivity contribution >= 4 is 16.8 Å². The molecule has 1 saturated heterocycles. The normalized spacial score (nSPS) is 16.5. The Kier molecular flexibility index (Phi) is 4.92. The summed E-state index contributed by atoms with van der Waals surface area (Å²) in [7, 11) is 1.62. The van der Waals surface area contributed by atoms with Gasteiger partial charge in [-0.3, -0.25) is 4.79 Å². The maximum Gasteiger partial charge on any atom is 0.227 e. The standard InChI is InChI=1S/C22H22N2O3/c1-26-20-9-5-3-7-17(20)14-22(25)24-13-12-18(15-24)27-21-11-10-16-6-2-4-8-19(16)23-21/h2-11,18H,12-15H2,1H3. The molecule has 0 spiro atoms. The van der Waals surface area contributed by atoms with Crippen molar-refractivity contribution in [3.63, 3.8) is 0 Å². The van der Waals surface area contributed by atoms with Crippen LogP contribution in [-0.4, -0.2) is 42.1 Å². The number of rotatable bonds is 5. The minimum atomic E-state index is -0.0275. The molecule has 3 aromatic rings. The van der Waals surface area contributed by atoms with Crippen LogP contribution in [0.5, 0.6) is 11.6 Å². The van der Waals surface area contributed by atoms with E-state index < -0.39 is 0 Å². The molecule has 1 aliphatic rings. The highest BCUT2D eigenvalue weighted by Crippen LogP contribution is 2.22. The summed E-state index contributed by atoms with van der Waals surface area (Å²) in [4.78, 5) is 19.1. The van der Waals surface area contributed by atoms with Crippen LogP contribution in [0.3, 0.4) is 0 Å². The number of carbonyl (C=O) groups is 1. The van der Waals surface area contributed by atoms with Gasteiger partial charge in [0.05, 0.1) is 25.6 Å². The highest BCUT2D eigenvalue weighted by atomic mass is 16.5. The highest BCUT2D eigenvalue weighted by molar-refractivity contribution is 5.80. The fraction of sp³-hybridized carbons (Fsp3) is 0.273. The van der Waals surface area contributed by atoms with Crippen LogP contribution in [0.2, 0.25) is 0 Å². The van der Waals surface area contributed by atoms with Gasteiger partial charge in [0, 0.05) is 30.0 Å². The third-order valence-corrected chi connectivity index (χ3v) is 4.89. The van der Waals surface area contributed by atoms with Crippen LogP contribution in [0.4, 0.5) is 0 Å². The quantitative estimate of drug-likeness (QED) is 0.697. The number of fused-ring (bicyclic) bond motifs is 1. The van der Waals surface area contributed by atoms with E-state index in [1.807, 2.05) is 65.6 Å². The van der Waals surface area contributed by atoms with E-state index in [4.69, 9.17) is 9.47 Å². The van der Waals surface area contributed by atoms with Gasteiger partial charge in [-0.25, -0.2) is 4.98 Å². The predicted molar refractivity (Wildman–Crippen MR) is 104 cm³/mol. The van der Waals surface area contributed by atoms with Crippen molar-refractivity contribution in [3.8, 4) is 11.6 Å². The molecule has 138 valence electrons. The van der Waals surface area contributed by atoms with E-state index in [1.54, 1.807) is 7.11 Å². The highest BCUT2D eigenvalue weighted by Gasteiger charge is 2.28. The number of hydrogen-bond donors (Lipinski definition) is 0. The van der Waals surface area contributed by atoms with E-state index in [0.717, 1.165) is 28.6 Å². The van der Waals surface area contributed by atoms with E-state index in [-0.39, 0.29) is 12.0 Å². The molecule has 1 atom stereocenters. The van der Waals surface area contributed by atoms with Gasteiger partial charge < -0.3 is 14.4 Å². The van der Waals surface area contributed by atoms with Crippen LogP contribution in [0, 0.1) is 0 Å². The third kappa shape index (κ3) is 3.87. The summed E-state index contributed by atoms with van der Waals surface area (Å²) in [5, 5.41) is 1.09. The second-order valence-corrected chi connectivity index (χ2v) is 6.70. The summed E-state index contributed by atoms with van der Waals surface area (Å²) in [5.74, 6) is 1.45. The number of aromatic nitrogens is 1. The smallest absolute Gasteiger partial charge is 0.227 e. The van der Waals surface area contributed by atoms with Crippen LogP contribution in [0.1, 0.15) is 12.0 Å². The van der Waals surface area contributed by atoms with Crippen LogP contribution in [-0.2, 0) is 11.2 Å². The average Bonchev–Trinajstić information content (AvgIpc) is 3.17. The topological polar surface area (TPSA) is 51.7 Å². The number of benzene rings is 2. The molecule has 1 aliphatic heterocycles. The number of ether oxygens (including phenoxy) is 2. The third-order valence-electron chi connectivity index (χ3n) is 4.89. The molecule has 27 heavy (non-hydrogen) atoms. The second kappa shape index (κ2) is 7.66. The lowest BCUT2D eigenvalue weighted by molar-refractivity contribution is -0.129. The van der Waals surface area contributed by atoms with E-state index in [9.17, 15) is 4.79 Å². The summed E-state index contributed by atoms with van der Waals surface area (Å²) in [6.45, 7) is 1.29. The molecule has 5 nitrogen and oxygen atoms in total. The number of carbonyl (C=O) groups excluding carboxylic acids is 1. The van der Waals surface area contributed by atoms with Crippen LogP contribution in [0.15, 0.2) is 60.7 Å². The number of methoxy groups -OCH3 is 1. The molecule has 5 heteroatoms. The second-order valence-electron chi connectivity index (χ2n) is 6.70. The molecule has 0 bridgehead atoms. The van der Waals surface area contributed by atoms with Crippen LogP contribution < -0.4 is 9.47 Å². The minimum absolute atomic E-state index is 0.0275. The molecular weight excluding hydrogens is 340 g/mol. The number of likely N-dealkylation sites (tertiary alicyclic amines) is 1. The molecule has 1 amide bonds. The zero-order chi connectivity index (χ0) is 18.6. The lowest BCUT2D eigenvalue weighted by Crippen LogP contribution is -2.32. The van der Waals surface area contributed by atoms with Gasteiger partial charge in [-0.1, -0.05) is 36.4 Å². The van der Waals surface area contributed by atoms with Gasteiger partial charge in [0.25, 0.3) is 0 Å². The monoisotopic (exact) mass is 362 g/mol. The van der Waals surface area contributed by atoms with Gasteiger partial charge in [-0.15, -0.1) is 0 Å². The largest absolute Gasteiger partial charge is 0.496 e. The molecule has 0 radical (unpaired) electrons. The maximum absolute atomic E-state index is 12.7. The van der Waals surface area contributed by atoms with Crippen molar-refractivity contribution < 1.29 is 14.3 Å². The SMILES string of the molecule is COc1ccccc1CC(=O)N1CCC(Oc2ccc3ccccc3n2)C1. The lowest BCUT2D eigenvalue weighted by atomic mass is 10.1. The first-order chi connectivity index (χ1) is 13.2. The van der Waals surface area contributed by atoms with Crippen LogP contribution >= 0.6 is 0 Å². The summed E-state index contributed by atoms with van der Waals surface area (Å²) >= 11 is 0. The van der Waals surface area contributed by atoms with Crippen molar-refractivity contribution in [2.75, 3.05) is 20.2 Å². The predicted octanol–water partition coefficient (Wildman–Crippen LogP) is 3.47. The van der Waals surface area contributed by atoms with Crippen molar-refractivity contribution in [1.29, 1.82) is 0 Å². The minimum Gasteiger partial charge on any atom is -0.496 e. The van der Waals surface area contributed by atoms with Gasteiger partial charge in [0.2, 0.25) is 11.8 Å². The zero-order valence-electron chi connectivity index (χ0n) is 15.3. The Morgan fingerprint density at radius 2 is 1.93 bits per heavy atom. The van der Waals surface area contributed by atoms with Crippen molar-refractivity contribution in [3.05, 3.63) is 66.2 Å². The molecule has 1 fully saturated rings. The van der Waals surface area contributed by atoms with Crippen molar-refractivity contribution in [2.24, 2.45) is 0 Å². The molecule has 1 unspecified atom stereocenters. The molecule has 2 aromatic carbocycles. The van der Waals surface area contributed by atoms with E-state index in [2.05, 4.69) is 4.98 Å². The molecule has 0 N–H and O–H groups in total.